The maximum Gasteiger partial charge on any atom is 1.00 e. The number of nitrogens with zero attached hydrogens (tertiary/aromatic N) is 2. The molecular weight excluding hydrogens is 590 g/mol. The number of benzene rings is 2. The van der Waals surface area contributed by atoms with Gasteiger partial charge < -0.3 is 27.2 Å². The number of hydrogen-bond donors (Lipinski definition) is 6. The van der Waals surface area contributed by atoms with Crippen molar-refractivity contribution in [1.82, 2.24) is 10.6 Å². The van der Waals surface area contributed by atoms with Gasteiger partial charge in [0.1, 0.15) is 0 Å². The fourth-order valence-electron chi connectivity index (χ4n) is 2.74. The van der Waals surface area contributed by atoms with Gasteiger partial charge in [0.15, 0.2) is 6.19 Å². The first kappa shape index (κ1) is 44.5. The third-order valence-corrected chi connectivity index (χ3v) is 6.26. The van der Waals surface area contributed by atoms with Crippen LogP contribution in [-0.2, 0) is 6.42 Å². The Bertz CT molecular complexity index is 1050. The van der Waals surface area contributed by atoms with Gasteiger partial charge in [-0.3, -0.25) is 10.3 Å². The molecule has 7 N–H and O–H groups in total. The zero-order valence-electron chi connectivity index (χ0n) is 25.3. The molecule has 11 heteroatoms. The van der Waals surface area contributed by atoms with Gasteiger partial charge in [-0.2, -0.15) is 5.26 Å². The molecule has 8 nitrogen and oxygen atoms in total. The number of nitriles is 1. The monoisotopic (exact) mass is 635 g/mol. The van der Waals surface area contributed by atoms with Crippen molar-refractivity contribution in [3.63, 3.8) is 0 Å². The average molecular weight is 636 g/mol. The largest absolute Gasteiger partial charge is 1.00 e. The van der Waals surface area contributed by atoms with E-state index in [0.29, 0.717) is 18.3 Å². The molecule has 0 spiro atoms. The van der Waals surface area contributed by atoms with E-state index in [4.69, 9.17) is 21.8 Å². The molecule has 0 amide bonds. The summed E-state index contributed by atoms with van der Waals surface area (Å²) in [4.78, 5) is 4.89. The molecule has 224 valence electrons. The standard InChI is InChI=1S/C11H15N2O.C8H12N4.C6H6S.C4H9NS.C2H4.K/c1-8(14)11(12)7-9-3-5-10(13-2)6-4-9;1-2-3-4-5-6-11-8(10)12-7-9;7-6-4-2-1-3-5-6;1-4-5-2-3-6-4;1-2;/h3-6,11-14H,1,7H2,2H3;3H,1,4-6H2,(H3,10,11,12);1-5,7H;4-5H,2-3H2,1H3;1-2H2;/q-1;;;;;+1. The van der Waals surface area contributed by atoms with Gasteiger partial charge in [0.25, 0.3) is 0 Å². The molecule has 2 aromatic carbocycles. The van der Waals surface area contributed by atoms with Crippen LogP contribution in [0.25, 0.3) is 5.73 Å². The van der Waals surface area contributed by atoms with Crippen LogP contribution in [0.3, 0.4) is 0 Å². The second-order valence-corrected chi connectivity index (χ2v) is 10.0. The minimum Gasteiger partial charge on any atom is -0.668 e. The van der Waals surface area contributed by atoms with Crippen LogP contribution in [0, 0.1) is 11.5 Å². The van der Waals surface area contributed by atoms with E-state index in [1.807, 2.05) is 79.5 Å². The summed E-state index contributed by atoms with van der Waals surface area (Å²) in [6, 6.07) is 16.9. The summed E-state index contributed by atoms with van der Waals surface area (Å²) in [6.45, 7) is 16.8. The normalized spacial score (nSPS) is 13.3. The van der Waals surface area contributed by atoms with Gasteiger partial charge in [0.2, 0.25) is 5.96 Å². The van der Waals surface area contributed by atoms with E-state index in [9.17, 15) is 0 Å². The maximum atomic E-state index is 8.99. The molecular formula is C31H46KN7OS2. The van der Waals surface area contributed by atoms with E-state index in [1.54, 1.807) is 6.19 Å². The van der Waals surface area contributed by atoms with Gasteiger partial charge in [0, 0.05) is 36.5 Å². The molecule has 0 aliphatic carbocycles. The number of nitrogens with one attached hydrogen (secondary N) is 4. The number of aliphatic imine (C=N–C) groups is 1. The summed E-state index contributed by atoms with van der Waals surface area (Å²) < 4.78 is 0. The quantitative estimate of drug-likeness (QED) is 0.0248. The van der Waals surface area contributed by atoms with Crippen molar-refractivity contribution in [3.05, 3.63) is 110 Å². The number of aliphatic hydroxyl groups excluding tert-OH is 1. The summed E-state index contributed by atoms with van der Waals surface area (Å²) in [6.07, 6.45) is 5.79. The number of allylic oxidation sites excluding steroid dienone is 1. The molecule has 0 aromatic heterocycles. The molecule has 1 heterocycles. The van der Waals surface area contributed by atoms with Gasteiger partial charge in [-0.25, -0.2) is 0 Å². The zero-order valence-corrected chi connectivity index (χ0v) is 30.1. The Kier molecular flexibility index (Phi) is 33.9. The molecule has 0 bridgehead atoms. The maximum absolute atomic E-state index is 8.99. The first-order valence-corrected chi connectivity index (χ1v) is 14.5. The van der Waals surface area contributed by atoms with E-state index in [2.05, 4.69) is 72.5 Å². The first-order valence-electron chi connectivity index (χ1n) is 13.0. The van der Waals surface area contributed by atoms with E-state index in [0.717, 1.165) is 29.0 Å². The number of unbranched alkanes of at least 4 members (excludes halogenated alkanes) is 1. The number of thioether (sulfide) groups is 1. The van der Waals surface area contributed by atoms with Crippen LogP contribution in [0.15, 0.2) is 108 Å². The predicted octanol–water partition coefficient (Wildman–Crippen LogP) is 3.71. The molecule has 2 unspecified atom stereocenters. The van der Waals surface area contributed by atoms with E-state index in [1.165, 1.54) is 12.3 Å². The molecule has 2 aromatic rings. The Morgan fingerprint density at radius 2 is 1.90 bits per heavy atom. The van der Waals surface area contributed by atoms with Gasteiger partial charge in [-0.15, -0.1) is 43.3 Å². The van der Waals surface area contributed by atoms with Crippen LogP contribution in [0.4, 0.5) is 5.69 Å². The van der Waals surface area contributed by atoms with Crippen molar-refractivity contribution in [1.29, 1.82) is 5.26 Å². The molecule has 3 rings (SSSR count). The Hall–Kier alpha value is -1.94. The molecule has 42 heavy (non-hydrogen) atoms. The number of guanidine groups is 1. The predicted molar refractivity (Wildman–Crippen MR) is 183 cm³/mol. The Balaban J connectivity index is -0.000000491. The van der Waals surface area contributed by atoms with Gasteiger partial charge >= 0.3 is 51.4 Å². The molecule has 2 atom stereocenters. The van der Waals surface area contributed by atoms with Crippen molar-refractivity contribution in [2.24, 2.45) is 10.7 Å². The van der Waals surface area contributed by atoms with E-state index < -0.39 is 6.04 Å². The molecule has 1 aliphatic heterocycles. The first-order chi connectivity index (χ1) is 19.7. The topological polar surface area (TPSA) is 142 Å². The molecule has 1 aliphatic rings. The Morgan fingerprint density at radius 1 is 1.29 bits per heavy atom. The fourth-order valence-corrected chi connectivity index (χ4v) is 3.73. The van der Waals surface area contributed by atoms with Crippen LogP contribution >= 0.6 is 24.4 Å². The van der Waals surface area contributed by atoms with Crippen molar-refractivity contribution in [3.8, 4) is 6.19 Å². The van der Waals surface area contributed by atoms with E-state index in [-0.39, 0.29) is 63.1 Å². The van der Waals surface area contributed by atoms with Crippen LogP contribution in [-0.4, -0.2) is 48.4 Å². The summed E-state index contributed by atoms with van der Waals surface area (Å²) in [7, 11) is 1.86. The molecule has 1 saturated heterocycles. The van der Waals surface area contributed by atoms with Crippen LogP contribution in [0.2, 0.25) is 0 Å². The number of nitrogens with two attached hydrogens (primary N) is 1. The summed E-state index contributed by atoms with van der Waals surface area (Å²) in [5.41, 5.74) is 17.5. The fraction of sp³-hybridized carbons (Fsp3) is 0.323. The number of hydrogen-bond acceptors (Lipinski definition) is 7. The van der Waals surface area contributed by atoms with Crippen molar-refractivity contribution in [2.45, 2.75) is 42.5 Å². The number of aliphatic hydroxyl groups is 1. The summed E-state index contributed by atoms with van der Waals surface area (Å²) >= 11 is 6.07. The molecule has 1 fully saturated rings. The minimum absolute atomic E-state index is 0. The van der Waals surface area contributed by atoms with Crippen LogP contribution in [0.1, 0.15) is 25.3 Å². The molecule has 0 saturated carbocycles. The number of thiol groups is 1. The van der Waals surface area contributed by atoms with Crippen molar-refractivity contribution in [2.75, 3.05) is 31.2 Å². The Morgan fingerprint density at radius 3 is 2.29 bits per heavy atom. The molecule has 0 radical (unpaired) electrons. The van der Waals surface area contributed by atoms with Crippen LogP contribution < -0.4 is 73.1 Å². The van der Waals surface area contributed by atoms with Crippen molar-refractivity contribution < 1.29 is 56.5 Å². The second kappa shape index (κ2) is 32.0. The number of anilines is 1. The SMILES string of the molecule is C=C.C=C(O)C([NH-])Cc1ccc(NC)cc1.C=C=CCCCN=C(N)NC#N.CC1NCCS1.Sc1ccccc1.[K+]. The Labute approximate surface area is 305 Å². The van der Waals surface area contributed by atoms with Gasteiger partial charge in [-0.05, 0) is 62.1 Å². The van der Waals surface area contributed by atoms with Crippen molar-refractivity contribution >= 4 is 36.0 Å². The third-order valence-electron chi connectivity index (χ3n) is 4.86. The van der Waals surface area contributed by atoms with Gasteiger partial charge in [0.05, 0.1) is 11.1 Å². The third kappa shape index (κ3) is 28.2. The smallest absolute Gasteiger partial charge is 0.668 e. The minimum atomic E-state index is -0.629. The summed E-state index contributed by atoms with van der Waals surface area (Å²) in [5, 5.41) is 26.4. The second-order valence-electron chi connectivity index (χ2n) is 8.05. The van der Waals surface area contributed by atoms with E-state index >= 15 is 0 Å². The van der Waals surface area contributed by atoms with Gasteiger partial charge in [-0.1, -0.05) is 49.5 Å². The summed E-state index contributed by atoms with van der Waals surface area (Å²) in [5.74, 6) is 1.38. The number of rotatable bonds is 8. The average Bonchev–Trinajstić information content (AvgIpc) is 3.47. The zero-order chi connectivity index (χ0) is 31.3. The van der Waals surface area contributed by atoms with Crippen LogP contribution in [0.5, 0.6) is 0 Å².